The number of nitrogens with zero attached hydrogens (tertiary/aromatic N) is 2. The molecule has 2 fully saturated rings. The van der Waals surface area contributed by atoms with Crippen LogP contribution >= 0.6 is 8.17 Å². The molecule has 16 heteroatoms. The van der Waals surface area contributed by atoms with Crippen LogP contribution in [0.25, 0.3) is 0 Å². The van der Waals surface area contributed by atoms with Crippen LogP contribution in [0.2, 0.25) is 0 Å². The van der Waals surface area contributed by atoms with Gasteiger partial charge in [-0.1, -0.05) is 61.5 Å². The zero-order valence-electron chi connectivity index (χ0n) is 27.8. The summed E-state index contributed by atoms with van der Waals surface area (Å²) in [5.74, 6) is -4.39. The maximum Gasteiger partial charge on any atom is 0.573 e. The number of alkyl halides is 2. The van der Waals surface area contributed by atoms with Gasteiger partial charge < -0.3 is 24.6 Å². The first kappa shape index (κ1) is 36.3. The molecule has 0 radical (unpaired) electrons. The molecule has 3 heterocycles. The number of nitrogens with one attached hydrogen (secondary N) is 1. The highest BCUT2D eigenvalue weighted by atomic mass is 31.2. The molecule has 3 N–H and O–H groups in total. The number of carbonyl (C=O) groups is 1. The number of fused-ring (bicyclic) bond motifs is 1. The molecule has 0 spiro atoms. The summed E-state index contributed by atoms with van der Waals surface area (Å²) in [4.78, 5) is 39.5. The molecule has 3 aromatic carbocycles. The van der Waals surface area contributed by atoms with Gasteiger partial charge in [-0.2, -0.15) is 27.7 Å². The molecule has 270 valence electrons. The summed E-state index contributed by atoms with van der Waals surface area (Å²) in [6.07, 6.45) is -4.39. The fourth-order valence-electron chi connectivity index (χ4n) is 6.05. The standard InChI is InChI=1S/C35H36F2N3O10P/c1-22(31(41)42)18-20-47-51(44)48-21-28-30(50-51)35(36,37)32(49-28)40-19-17-29(38-33(40)43)39-34(23-7-5-4-6-8-23,24-9-13-26(45-2)14-10-24)25-11-15-27(46-3)16-12-25/h4-17,19,22,28,30,32,44H,18,20-21H2,1-3H3,(H-,38,39,41,42,43)/p+1/t22-,28-,30-,32-,51?/m1/s1. The smallest absolute Gasteiger partial charge is 0.497 e. The quantitative estimate of drug-likeness (QED) is 0.119. The van der Waals surface area contributed by atoms with Crippen molar-refractivity contribution in [1.82, 2.24) is 9.55 Å². The predicted octanol–water partition coefficient (Wildman–Crippen LogP) is 5.41. The number of carboxylic acids is 1. The van der Waals surface area contributed by atoms with E-state index in [9.17, 15) is 14.5 Å². The zero-order valence-corrected chi connectivity index (χ0v) is 28.7. The molecule has 0 saturated carbocycles. The minimum atomic E-state index is -4.24. The molecule has 13 nitrogen and oxygen atoms in total. The van der Waals surface area contributed by atoms with Crippen molar-refractivity contribution in [1.29, 1.82) is 0 Å². The third kappa shape index (κ3) is 7.18. The van der Waals surface area contributed by atoms with E-state index in [4.69, 9.17) is 32.9 Å². The summed E-state index contributed by atoms with van der Waals surface area (Å²) >= 11 is 0. The molecule has 0 aliphatic carbocycles. The van der Waals surface area contributed by atoms with Crippen LogP contribution in [0, 0.1) is 5.92 Å². The Labute approximate surface area is 292 Å². The lowest BCUT2D eigenvalue weighted by molar-refractivity contribution is -0.143. The molecule has 5 atom stereocenters. The van der Waals surface area contributed by atoms with E-state index >= 15 is 8.78 Å². The number of hydrogen-bond donors (Lipinski definition) is 3. The Kier molecular flexibility index (Phi) is 10.4. The van der Waals surface area contributed by atoms with Crippen molar-refractivity contribution in [3.63, 3.8) is 0 Å². The number of anilines is 1. The minimum Gasteiger partial charge on any atom is -0.497 e. The van der Waals surface area contributed by atoms with Gasteiger partial charge >= 0.3 is 25.8 Å². The van der Waals surface area contributed by atoms with E-state index < -0.39 is 62.3 Å². The Morgan fingerprint density at radius 1 is 1.02 bits per heavy atom. The average Bonchev–Trinajstić information content (AvgIpc) is 3.39. The Bertz CT molecular complexity index is 1840. The van der Waals surface area contributed by atoms with E-state index in [0.717, 1.165) is 22.9 Å². The lowest BCUT2D eigenvalue weighted by Gasteiger charge is -2.37. The van der Waals surface area contributed by atoms with E-state index in [1.54, 1.807) is 38.5 Å². The van der Waals surface area contributed by atoms with Gasteiger partial charge in [-0.3, -0.25) is 9.36 Å². The number of hydrogen-bond acceptors (Lipinski definition) is 11. The third-order valence-electron chi connectivity index (χ3n) is 8.88. The van der Waals surface area contributed by atoms with E-state index in [0.29, 0.717) is 16.1 Å². The number of halogens is 2. The molecule has 2 aliphatic heterocycles. The van der Waals surface area contributed by atoms with E-state index in [-0.39, 0.29) is 18.8 Å². The van der Waals surface area contributed by atoms with Crippen molar-refractivity contribution in [2.45, 2.75) is 43.2 Å². The number of carboxylic acid groups (broad SMARTS) is 1. The lowest BCUT2D eigenvalue weighted by atomic mass is 9.77. The highest BCUT2D eigenvalue weighted by Gasteiger charge is 2.70. The maximum absolute atomic E-state index is 15.9. The molecular weight excluding hydrogens is 691 g/mol. The van der Waals surface area contributed by atoms with Crippen LogP contribution in [-0.4, -0.2) is 71.1 Å². The molecule has 1 unspecified atom stereocenters. The fourth-order valence-corrected chi connectivity index (χ4v) is 7.48. The molecule has 2 aliphatic rings. The minimum absolute atomic E-state index is 0.0160. The molecule has 0 bridgehead atoms. The van der Waals surface area contributed by atoms with Crippen molar-refractivity contribution in [2.24, 2.45) is 5.92 Å². The predicted molar refractivity (Wildman–Crippen MR) is 181 cm³/mol. The first-order valence-electron chi connectivity index (χ1n) is 16.0. The van der Waals surface area contributed by atoms with Crippen molar-refractivity contribution in [3.8, 4) is 11.5 Å². The summed E-state index contributed by atoms with van der Waals surface area (Å²) in [5.41, 5.74) is 0.115. The topological polar surface area (TPSA) is 160 Å². The van der Waals surface area contributed by atoms with E-state index in [1.807, 2.05) is 54.6 Å². The summed E-state index contributed by atoms with van der Waals surface area (Å²) < 4.78 is 64.6. The van der Waals surface area contributed by atoms with Gasteiger partial charge in [0.15, 0.2) is 0 Å². The second-order valence-corrected chi connectivity index (χ2v) is 13.7. The van der Waals surface area contributed by atoms with Gasteiger partial charge in [0.05, 0.1) is 20.1 Å². The fraction of sp³-hybridized carbons (Fsp3) is 0.343. The Morgan fingerprint density at radius 3 is 2.16 bits per heavy atom. The van der Waals surface area contributed by atoms with Crippen molar-refractivity contribution in [2.75, 3.05) is 32.8 Å². The van der Waals surface area contributed by atoms with Crippen LogP contribution in [0.5, 0.6) is 11.5 Å². The van der Waals surface area contributed by atoms with Gasteiger partial charge in [0.2, 0.25) is 12.3 Å². The van der Waals surface area contributed by atoms with Gasteiger partial charge in [0.25, 0.3) is 0 Å². The summed E-state index contributed by atoms with van der Waals surface area (Å²) in [6, 6.07) is 25.6. The lowest BCUT2D eigenvalue weighted by Crippen LogP contribution is -2.46. The molecule has 1 aromatic heterocycles. The number of aromatic nitrogens is 2. The first-order chi connectivity index (χ1) is 24.4. The molecule has 4 aromatic rings. The van der Waals surface area contributed by atoms with Crippen molar-refractivity contribution < 1.29 is 51.4 Å². The molecule has 2 saturated heterocycles. The number of rotatable bonds is 13. The average molecular weight is 729 g/mol. The monoisotopic (exact) mass is 728 g/mol. The van der Waals surface area contributed by atoms with Crippen molar-refractivity contribution in [3.05, 3.63) is 118 Å². The maximum atomic E-state index is 15.9. The summed E-state index contributed by atoms with van der Waals surface area (Å²) in [7, 11) is -1.12. The number of aliphatic carboxylic acids is 1. The Morgan fingerprint density at radius 2 is 1.61 bits per heavy atom. The second kappa shape index (κ2) is 14.6. The summed E-state index contributed by atoms with van der Waals surface area (Å²) in [6.45, 7) is 0.615. The molecule has 0 amide bonds. The van der Waals surface area contributed by atoms with Crippen LogP contribution in [0.4, 0.5) is 14.6 Å². The molecular formula is C35H37F2N3O10P+. The molecule has 6 rings (SSSR count). The zero-order chi connectivity index (χ0) is 36.4. The van der Waals surface area contributed by atoms with Gasteiger partial charge in [-0.15, -0.1) is 4.52 Å². The van der Waals surface area contributed by atoms with E-state index in [2.05, 4.69) is 10.3 Å². The van der Waals surface area contributed by atoms with Crippen molar-refractivity contribution >= 4 is 20.0 Å². The largest absolute Gasteiger partial charge is 0.573 e. The number of benzene rings is 3. The van der Waals surface area contributed by atoms with Crippen LogP contribution in [0.3, 0.4) is 0 Å². The van der Waals surface area contributed by atoms with E-state index in [1.165, 1.54) is 13.0 Å². The van der Waals surface area contributed by atoms with Gasteiger partial charge in [-0.05, 0) is 53.4 Å². The highest BCUT2D eigenvalue weighted by Crippen LogP contribution is 2.65. The van der Waals surface area contributed by atoms with Gasteiger partial charge in [-0.25, -0.2) is 4.79 Å². The van der Waals surface area contributed by atoms with Gasteiger partial charge in [0, 0.05) is 6.20 Å². The van der Waals surface area contributed by atoms with Gasteiger partial charge in [0.1, 0.15) is 42.2 Å². The Balaban J connectivity index is 1.32. The second-order valence-electron chi connectivity index (χ2n) is 12.1. The van der Waals surface area contributed by atoms with Crippen LogP contribution in [-0.2, 0) is 28.6 Å². The van der Waals surface area contributed by atoms with Crippen LogP contribution in [0.1, 0.15) is 36.3 Å². The van der Waals surface area contributed by atoms with Crippen LogP contribution in [0.15, 0.2) is 95.9 Å². The normalized spacial score (nSPS) is 23.2. The third-order valence-corrected chi connectivity index (χ3v) is 10.4. The highest BCUT2D eigenvalue weighted by molar-refractivity contribution is 7.55. The molecule has 51 heavy (non-hydrogen) atoms. The summed E-state index contributed by atoms with van der Waals surface area (Å²) in [5, 5.41) is 12.5. The first-order valence-corrected chi connectivity index (χ1v) is 17.5. The number of ether oxygens (including phenoxy) is 3. The van der Waals surface area contributed by atoms with Crippen LogP contribution < -0.4 is 20.5 Å². The Hall–Kier alpha value is -4.50. The SMILES string of the molecule is COc1ccc(C(Nc2ccn([C@@H]3O[C@@H]4CO[P+](O)(OCC[C@@H](C)C(=O)O)O[C@H]4C3(F)F)c(=O)n2)(c2ccccc2)c2ccc(OC)cc2)cc1. The number of methoxy groups -OCH3 is 2.